The summed E-state index contributed by atoms with van der Waals surface area (Å²) in [6, 6.07) is 6.02. The monoisotopic (exact) mass is 370 g/mol. The molecule has 2 fully saturated rings. The van der Waals surface area contributed by atoms with Gasteiger partial charge >= 0.3 is 0 Å². The number of nitrogens with one attached hydrogen (secondary N) is 2. The summed E-state index contributed by atoms with van der Waals surface area (Å²) in [4.78, 5) is 40.2. The highest BCUT2D eigenvalue weighted by atomic mass is 16.2. The first-order valence-electron chi connectivity index (χ1n) is 9.69. The molecule has 0 bridgehead atoms. The minimum Gasteiger partial charge on any atom is -0.322 e. The van der Waals surface area contributed by atoms with Crippen molar-refractivity contribution in [1.29, 1.82) is 0 Å². The fraction of sp³-hybridized carbons (Fsp3) is 0.550. The van der Waals surface area contributed by atoms with Crippen molar-refractivity contribution in [3.8, 4) is 0 Å². The second-order valence-electron chi connectivity index (χ2n) is 7.88. The van der Waals surface area contributed by atoms with E-state index in [1.165, 1.54) is 12.8 Å². The van der Waals surface area contributed by atoms with E-state index < -0.39 is 6.04 Å². The van der Waals surface area contributed by atoms with Crippen LogP contribution in [-0.4, -0.2) is 59.7 Å². The molecule has 0 saturated carbocycles. The maximum atomic E-state index is 12.9. The summed E-state index contributed by atoms with van der Waals surface area (Å²) in [5.41, 5.74) is 2.74. The molecule has 2 N–H and O–H groups in total. The van der Waals surface area contributed by atoms with Gasteiger partial charge in [-0.3, -0.25) is 19.7 Å². The number of hydrogen-bond acceptors (Lipinski definition) is 5. The van der Waals surface area contributed by atoms with Gasteiger partial charge in [-0.05, 0) is 50.0 Å². The lowest BCUT2D eigenvalue weighted by atomic mass is 10.0. The third-order valence-corrected chi connectivity index (χ3v) is 5.74. The fourth-order valence-corrected chi connectivity index (χ4v) is 4.37. The van der Waals surface area contributed by atoms with Crippen molar-refractivity contribution in [3.63, 3.8) is 0 Å². The number of fused-ring (bicyclic) bond motifs is 1. The van der Waals surface area contributed by atoms with E-state index in [1.807, 2.05) is 12.1 Å². The van der Waals surface area contributed by atoms with E-state index in [1.54, 1.807) is 4.90 Å². The van der Waals surface area contributed by atoms with E-state index in [9.17, 15) is 14.4 Å². The molecule has 7 nitrogen and oxygen atoms in total. The predicted molar refractivity (Wildman–Crippen MR) is 99.8 cm³/mol. The van der Waals surface area contributed by atoms with Crippen LogP contribution in [0, 0.1) is 0 Å². The molecule has 3 aliphatic heterocycles. The molecule has 0 aliphatic carbocycles. The lowest BCUT2D eigenvalue weighted by molar-refractivity contribution is -0.136. The van der Waals surface area contributed by atoms with E-state index in [0.717, 1.165) is 30.8 Å². The zero-order valence-electron chi connectivity index (χ0n) is 15.7. The Labute approximate surface area is 159 Å². The number of carbonyl (C=O) groups is 3. The molecule has 0 spiro atoms. The minimum absolute atomic E-state index is 0.110. The molecule has 0 radical (unpaired) electrons. The van der Waals surface area contributed by atoms with Crippen molar-refractivity contribution in [2.24, 2.45) is 0 Å². The minimum atomic E-state index is -0.554. The third kappa shape index (κ3) is 3.75. The van der Waals surface area contributed by atoms with Gasteiger partial charge in [-0.2, -0.15) is 0 Å². The number of likely N-dealkylation sites (N-methyl/N-ethyl adjacent to an activating group) is 1. The van der Waals surface area contributed by atoms with Crippen molar-refractivity contribution in [1.82, 2.24) is 20.4 Å². The summed E-state index contributed by atoms with van der Waals surface area (Å²) in [7, 11) is 2.10. The zero-order chi connectivity index (χ0) is 19.0. The first kappa shape index (κ1) is 18.1. The highest BCUT2D eigenvalue weighted by Gasteiger charge is 2.39. The molecule has 144 valence electrons. The second kappa shape index (κ2) is 7.40. The molecule has 4 rings (SSSR count). The van der Waals surface area contributed by atoms with Crippen LogP contribution in [0.1, 0.15) is 47.2 Å². The number of carbonyl (C=O) groups excluding carboxylic acids is 3. The summed E-state index contributed by atoms with van der Waals surface area (Å²) in [5, 5.41) is 5.85. The van der Waals surface area contributed by atoms with E-state index in [4.69, 9.17) is 0 Å². The van der Waals surface area contributed by atoms with Crippen LogP contribution in [0.2, 0.25) is 0 Å². The van der Waals surface area contributed by atoms with Gasteiger partial charge in [0, 0.05) is 37.7 Å². The lowest BCUT2D eigenvalue weighted by Crippen LogP contribution is -2.52. The Morgan fingerprint density at radius 2 is 2.07 bits per heavy atom. The molecule has 3 heterocycles. The molecule has 1 aromatic carbocycles. The van der Waals surface area contributed by atoms with Gasteiger partial charge in [-0.1, -0.05) is 12.1 Å². The lowest BCUT2D eigenvalue weighted by Gasteiger charge is -2.29. The molecule has 3 aliphatic rings. The first-order chi connectivity index (χ1) is 13.0. The number of amides is 3. The smallest absolute Gasteiger partial charge is 0.255 e. The molecule has 1 aromatic rings. The molecule has 2 atom stereocenters. The number of rotatable bonds is 5. The molecule has 3 amide bonds. The van der Waals surface area contributed by atoms with Crippen LogP contribution in [0.3, 0.4) is 0 Å². The van der Waals surface area contributed by atoms with Crippen LogP contribution in [0.25, 0.3) is 0 Å². The average molecular weight is 370 g/mol. The summed E-state index contributed by atoms with van der Waals surface area (Å²) in [5.74, 6) is -0.736. The van der Waals surface area contributed by atoms with E-state index in [-0.39, 0.29) is 24.1 Å². The van der Waals surface area contributed by atoms with Crippen LogP contribution in [0.15, 0.2) is 18.2 Å². The van der Waals surface area contributed by atoms with Gasteiger partial charge < -0.3 is 15.1 Å². The number of imide groups is 1. The number of benzene rings is 1. The van der Waals surface area contributed by atoms with Gasteiger partial charge in [0.15, 0.2) is 0 Å². The van der Waals surface area contributed by atoms with E-state index in [0.29, 0.717) is 24.6 Å². The Morgan fingerprint density at radius 1 is 1.22 bits per heavy atom. The van der Waals surface area contributed by atoms with Crippen molar-refractivity contribution >= 4 is 17.7 Å². The van der Waals surface area contributed by atoms with Crippen LogP contribution in [-0.2, 0) is 22.7 Å². The largest absolute Gasteiger partial charge is 0.322 e. The quantitative estimate of drug-likeness (QED) is 0.743. The molecule has 0 aromatic heterocycles. The van der Waals surface area contributed by atoms with Crippen LogP contribution < -0.4 is 10.6 Å². The van der Waals surface area contributed by atoms with Gasteiger partial charge in [0.25, 0.3) is 5.91 Å². The Morgan fingerprint density at radius 3 is 2.81 bits per heavy atom. The number of nitrogens with zero attached hydrogens (tertiary/aromatic N) is 2. The predicted octanol–water partition coefficient (Wildman–Crippen LogP) is 0.631. The van der Waals surface area contributed by atoms with Gasteiger partial charge in [0.05, 0.1) is 0 Å². The molecule has 7 heteroatoms. The second-order valence-corrected chi connectivity index (χ2v) is 7.88. The molecule has 2 saturated heterocycles. The Bertz CT molecular complexity index is 772. The SMILES string of the molecule is CN(Cc1ccc2c(c1)C(=O)N(C1CCC(=O)NC1=O)C2)CC1CCCN1. The summed E-state index contributed by atoms with van der Waals surface area (Å²) in [6.07, 6.45) is 3.13. The van der Waals surface area contributed by atoms with Crippen molar-refractivity contribution < 1.29 is 14.4 Å². The van der Waals surface area contributed by atoms with Crippen molar-refractivity contribution in [3.05, 3.63) is 34.9 Å². The average Bonchev–Trinajstić information content (AvgIpc) is 3.24. The van der Waals surface area contributed by atoms with Crippen molar-refractivity contribution in [2.45, 2.75) is 50.9 Å². The third-order valence-electron chi connectivity index (χ3n) is 5.74. The summed E-state index contributed by atoms with van der Waals surface area (Å²) < 4.78 is 0. The standard InChI is InChI=1S/C20H26N4O3/c1-23(12-15-3-2-8-21-15)10-13-4-5-14-11-24(20(27)16(14)9-13)17-6-7-18(25)22-19(17)26/h4-5,9,15,17,21H,2-3,6-8,10-12H2,1H3,(H,22,25,26). The first-order valence-corrected chi connectivity index (χ1v) is 9.69. The topological polar surface area (TPSA) is 81.8 Å². The van der Waals surface area contributed by atoms with Crippen LogP contribution in [0.5, 0.6) is 0 Å². The summed E-state index contributed by atoms with van der Waals surface area (Å²) >= 11 is 0. The van der Waals surface area contributed by atoms with Gasteiger partial charge in [-0.25, -0.2) is 0 Å². The number of hydrogen-bond donors (Lipinski definition) is 2. The van der Waals surface area contributed by atoms with Gasteiger partial charge in [0.2, 0.25) is 11.8 Å². The Kier molecular flexibility index (Phi) is 4.97. The van der Waals surface area contributed by atoms with Gasteiger partial charge in [0.1, 0.15) is 6.04 Å². The number of piperidine rings is 1. The fourth-order valence-electron chi connectivity index (χ4n) is 4.37. The molecule has 27 heavy (non-hydrogen) atoms. The van der Waals surface area contributed by atoms with Crippen LogP contribution in [0.4, 0.5) is 0 Å². The highest BCUT2D eigenvalue weighted by molar-refractivity contribution is 6.05. The van der Waals surface area contributed by atoms with Gasteiger partial charge in [-0.15, -0.1) is 0 Å². The van der Waals surface area contributed by atoms with Crippen molar-refractivity contribution in [2.75, 3.05) is 20.1 Å². The Hall–Kier alpha value is -2.25. The maximum Gasteiger partial charge on any atom is 0.255 e. The highest BCUT2D eigenvalue weighted by Crippen LogP contribution is 2.28. The van der Waals surface area contributed by atoms with E-state index >= 15 is 0 Å². The zero-order valence-corrected chi connectivity index (χ0v) is 15.7. The normalized spacial score (nSPS) is 25.3. The molecular weight excluding hydrogens is 344 g/mol. The molecular formula is C20H26N4O3. The van der Waals surface area contributed by atoms with E-state index in [2.05, 4.69) is 28.6 Å². The maximum absolute atomic E-state index is 12.9. The molecule has 2 unspecified atom stereocenters. The van der Waals surface area contributed by atoms with Crippen LogP contribution >= 0.6 is 0 Å². The Balaban J connectivity index is 1.43. The summed E-state index contributed by atoms with van der Waals surface area (Å²) in [6.45, 7) is 3.31.